The van der Waals surface area contributed by atoms with E-state index in [1.807, 2.05) is 32.0 Å². The third kappa shape index (κ3) is 3.71. The Balaban J connectivity index is 2.78. The van der Waals surface area contributed by atoms with E-state index in [-0.39, 0.29) is 18.6 Å². The molecule has 0 spiro atoms. The molecule has 0 aliphatic rings. The van der Waals surface area contributed by atoms with Gasteiger partial charge in [0.15, 0.2) is 0 Å². The summed E-state index contributed by atoms with van der Waals surface area (Å²) in [5.41, 5.74) is 1.28. The number of hydrogen-bond acceptors (Lipinski definition) is 4. The lowest BCUT2D eigenvalue weighted by atomic mass is 10.2. The number of carbonyl (C=O) groups is 1. The molecule has 0 radical (unpaired) electrons. The number of amides is 1. The maximum atomic E-state index is 11.8. The van der Waals surface area contributed by atoms with Crippen molar-refractivity contribution in [2.75, 3.05) is 25.6 Å². The van der Waals surface area contributed by atoms with Gasteiger partial charge in [-0.15, -0.1) is 0 Å². The van der Waals surface area contributed by atoms with E-state index < -0.39 is 0 Å². The van der Waals surface area contributed by atoms with E-state index in [2.05, 4.69) is 10.3 Å². The largest absolute Gasteiger partial charge is 0.394 e. The van der Waals surface area contributed by atoms with Gasteiger partial charge in [-0.2, -0.15) is 0 Å². The fourth-order valence-corrected chi connectivity index (χ4v) is 1.36. The zero-order valence-corrected chi connectivity index (χ0v) is 10.5. The van der Waals surface area contributed by atoms with Crippen LogP contribution in [0.1, 0.15) is 23.8 Å². The van der Waals surface area contributed by atoms with Crippen LogP contribution in [0.15, 0.2) is 18.3 Å². The zero-order valence-electron chi connectivity index (χ0n) is 10.5. The molecule has 1 aromatic rings. The molecule has 5 heteroatoms. The minimum absolute atomic E-state index is 0.0599. The lowest BCUT2D eigenvalue weighted by Gasteiger charge is -2.15. The van der Waals surface area contributed by atoms with Crippen molar-refractivity contribution in [1.82, 2.24) is 10.3 Å². The third-order valence-electron chi connectivity index (χ3n) is 2.54. The molecule has 94 valence electrons. The minimum Gasteiger partial charge on any atom is -0.394 e. The lowest BCUT2D eigenvalue weighted by Crippen LogP contribution is -2.37. The first-order chi connectivity index (χ1) is 8.08. The van der Waals surface area contributed by atoms with Gasteiger partial charge in [0.1, 0.15) is 5.69 Å². The second-order valence-electron chi connectivity index (χ2n) is 4.05. The van der Waals surface area contributed by atoms with Gasteiger partial charge < -0.3 is 15.3 Å². The molecule has 5 nitrogen and oxygen atoms in total. The Bertz CT molecular complexity index is 376. The average molecular weight is 237 g/mol. The second-order valence-corrected chi connectivity index (χ2v) is 4.05. The van der Waals surface area contributed by atoms with Crippen molar-refractivity contribution in [3.8, 4) is 0 Å². The monoisotopic (exact) mass is 237 g/mol. The number of carbonyl (C=O) groups excluding carboxylic acids is 1. The van der Waals surface area contributed by atoms with E-state index in [0.717, 1.165) is 5.69 Å². The van der Waals surface area contributed by atoms with Crippen LogP contribution >= 0.6 is 0 Å². The van der Waals surface area contributed by atoms with Crippen LogP contribution in [0.5, 0.6) is 0 Å². The Morgan fingerprint density at radius 2 is 2.29 bits per heavy atom. The maximum Gasteiger partial charge on any atom is 0.270 e. The number of hydrogen-bond donors (Lipinski definition) is 2. The smallest absolute Gasteiger partial charge is 0.270 e. The Labute approximate surface area is 101 Å². The van der Waals surface area contributed by atoms with Crippen molar-refractivity contribution in [3.63, 3.8) is 0 Å². The van der Waals surface area contributed by atoms with Gasteiger partial charge in [-0.25, -0.2) is 0 Å². The summed E-state index contributed by atoms with van der Waals surface area (Å²) in [6, 6.07) is 3.34. The van der Waals surface area contributed by atoms with Gasteiger partial charge >= 0.3 is 0 Å². The third-order valence-corrected chi connectivity index (χ3v) is 2.54. The molecule has 1 amide bonds. The summed E-state index contributed by atoms with van der Waals surface area (Å²) < 4.78 is 0. The van der Waals surface area contributed by atoms with Crippen LogP contribution in [0.25, 0.3) is 0 Å². The first-order valence-corrected chi connectivity index (χ1v) is 5.63. The van der Waals surface area contributed by atoms with Crippen LogP contribution < -0.4 is 10.2 Å². The molecule has 0 saturated carbocycles. The van der Waals surface area contributed by atoms with Crippen molar-refractivity contribution in [1.29, 1.82) is 0 Å². The first-order valence-electron chi connectivity index (χ1n) is 5.63. The highest BCUT2D eigenvalue weighted by Crippen LogP contribution is 2.11. The number of aliphatic hydroxyl groups excluding tert-OH is 1. The molecule has 17 heavy (non-hydrogen) atoms. The van der Waals surface area contributed by atoms with Crippen molar-refractivity contribution in [2.24, 2.45) is 0 Å². The van der Waals surface area contributed by atoms with Crippen LogP contribution in [0.3, 0.4) is 0 Å². The fourth-order valence-electron chi connectivity index (χ4n) is 1.36. The highest BCUT2D eigenvalue weighted by atomic mass is 16.3. The van der Waals surface area contributed by atoms with E-state index in [1.54, 1.807) is 12.3 Å². The number of nitrogens with zero attached hydrogens (tertiary/aromatic N) is 2. The van der Waals surface area contributed by atoms with Gasteiger partial charge in [-0.3, -0.25) is 9.78 Å². The number of aliphatic hydroxyl groups is 1. The number of aromatic nitrogens is 1. The first kappa shape index (κ1) is 13.4. The molecule has 0 fully saturated rings. The van der Waals surface area contributed by atoms with E-state index in [1.165, 1.54) is 0 Å². The summed E-state index contributed by atoms with van der Waals surface area (Å²) in [6.07, 6.45) is 2.29. The van der Waals surface area contributed by atoms with Crippen molar-refractivity contribution in [2.45, 2.75) is 19.4 Å². The fraction of sp³-hybridized carbons (Fsp3) is 0.500. The summed E-state index contributed by atoms with van der Waals surface area (Å²) in [5.74, 6) is -0.255. The quantitative estimate of drug-likeness (QED) is 0.789. The number of pyridine rings is 1. The molecule has 0 aliphatic carbocycles. The van der Waals surface area contributed by atoms with Gasteiger partial charge in [0.2, 0.25) is 0 Å². The highest BCUT2D eigenvalue weighted by molar-refractivity contribution is 5.93. The predicted molar refractivity (Wildman–Crippen MR) is 67.2 cm³/mol. The summed E-state index contributed by atoms with van der Waals surface area (Å²) in [6.45, 7) is 1.85. The highest BCUT2D eigenvalue weighted by Gasteiger charge is 2.12. The number of rotatable bonds is 5. The Morgan fingerprint density at radius 1 is 1.59 bits per heavy atom. The molecule has 0 aliphatic heterocycles. The van der Waals surface area contributed by atoms with E-state index in [0.29, 0.717) is 12.1 Å². The summed E-state index contributed by atoms with van der Waals surface area (Å²) in [7, 11) is 3.80. The van der Waals surface area contributed by atoms with Gasteiger partial charge in [0.05, 0.1) is 12.6 Å². The van der Waals surface area contributed by atoms with Gasteiger partial charge in [-0.05, 0) is 18.6 Å². The Hall–Kier alpha value is -1.62. The molecule has 1 aromatic heterocycles. The lowest BCUT2D eigenvalue weighted by molar-refractivity contribution is 0.0910. The molecule has 1 rings (SSSR count). The van der Waals surface area contributed by atoms with Gasteiger partial charge in [0, 0.05) is 26.0 Å². The van der Waals surface area contributed by atoms with Gasteiger partial charge in [0.25, 0.3) is 5.91 Å². The molecule has 1 heterocycles. The number of nitrogens with one attached hydrogen (secondary N) is 1. The predicted octanol–water partition coefficient (Wildman–Crippen LogP) is 0.648. The molecular formula is C12H19N3O2. The van der Waals surface area contributed by atoms with Crippen molar-refractivity contribution in [3.05, 3.63) is 24.0 Å². The van der Waals surface area contributed by atoms with E-state index >= 15 is 0 Å². The number of anilines is 1. The average Bonchev–Trinajstić information content (AvgIpc) is 2.35. The Kier molecular flexibility index (Phi) is 4.90. The maximum absolute atomic E-state index is 11.8. The molecule has 0 bridgehead atoms. The van der Waals surface area contributed by atoms with Crippen molar-refractivity contribution < 1.29 is 9.90 Å². The second kappa shape index (κ2) is 6.20. The van der Waals surface area contributed by atoms with E-state index in [4.69, 9.17) is 5.11 Å². The molecule has 1 unspecified atom stereocenters. The zero-order chi connectivity index (χ0) is 12.8. The molecular weight excluding hydrogens is 218 g/mol. The van der Waals surface area contributed by atoms with Crippen molar-refractivity contribution >= 4 is 11.6 Å². The Morgan fingerprint density at radius 3 is 2.82 bits per heavy atom. The minimum atomic E-state index is -0.255. The van der Waals surface area contributed by atoms with E-state index in [9.17, 15) is 4.79 Å². The van der Waals surface area contributed by atoms with Crippen LogP contribution in [-0.4, -0.2) is 42.7 Å². The topological polar surface area (TPSA) is 65.5 Å². The molecule has 1 atom stereocenters. The molecule has 2 N–H and O–H groups in total. The normalized spacial score (nSPS) is 12.0. The summed E-state index contributed by atoms with van der Waals surface area (Å²) in [4.78, 5) is 17.8. The summed E-state index contributed by atoms with van der Waals surface area (Å²) in [5, 5.41) is 11.8. The van der Waals surface area contributed by atoms with Crippen LogP contribution in [0.4, 0.5) is 5.69 Å². The molecule has 0 saturated heterocycles. The summed E-state index contributed by atoms with van der Waals surface area (Å²) >= 11 is 0. The van der Waals surface area contributed by atoms with Crippen LogP contribution in [-0.2, 0) is 0 Å². The van der Waals surface area contributed by atoms with Gasteiger partial charge in [-0.1, -0.05) is 6.92 Å². The SMILES string of the molecule is CCC(CO)NC(=O)c1cc(N(C)C)ccn1. The molecule has 0 aromatic carbocycles. The van der Waals surface area contributed by atoms with Crippen LogP contribution in [0.2, 0.25) is 0 Å². The van der Waals surface area contributed by atoms with Crippen LogP contribution in [0, 0.1) is 0 Å². The standard InChI is InChI=1S/C12H19N3O2/c1-4-9(8-16)14-12(17)11-7-10(15(2)3)5-6-13-11/h5-7,9,16H,4,8H2,1-3H3,(H,14,17).